The number of para-hydroxylation sites is 2. The van der Waals surface area contributed by atoms with Crippen LogP contribution < -0.4 is 10.5 Å². The van der Waals surface area contributed by atoms with E-state index in [0.717, 1.165) is 29.9 Å². The fourth-order valence-electron chi connectivity index (χ4n) is 2.40. The van der Waals surface area contributed by atoms with Gasteiger partial charge >= 0.3 is 0 Å². The summed E-state index contributed by atoms with van der Waals surface area (Å²) < 4.78 is 6.03. The van der Waals surface area contributed by atoms with Crippen LogP contribution in [0.25, 0.3) is 11.6 Å². The molecule has 2 heteroatoms. The Kier molecular flexibility index (Phi) is 3.34. The third-order valence-corrected chi connectivity index (χ3v) is 3.35. The van der Waals surface area contributed by atoms with E-state index in [9.17, 15) is 0 Å². The van der Waals surface area contributed by atoms with Gasteiger partial charge in [0.15, 0.2) is 0 Å². The minimum Gasteiger partial charge on any atom is -0.456 e. The van der Waals surface area contributed by atoms with Crippen molar-refractivity contribution in [2.24, 2.45) is 5.73 Å². The van der Waals surface area contributed by atoms with E-state index in [0.29, 0.717) is 6.54 Å². The topological polar surface area (TPSA) is 35.2 Å². The van der Waals surface area contributed by atoms with Gasteiger partial charge in [-0.05, 0) is 43.2 Å². The van der Waals surface area contributed by atoms with Crippen LogP contribution in [0.2, 0.25) is 0 Å². The number of nitrogens with two attached hydrogens (primary N) is 1. The predicted molar refractivity (Wildman–Crippen MR) is 79.1 cm³/mol. The van der Waals surface area contributed by atoms with E-state index < -0.39 is 0 Å². The van der Waals surface area contributed by atoms with E-state index in [1.54, 1.807) is 0 Å². The van der Waals surface area contributed by atoms with Gasteiger partial charge in [0.1, 0.15) is 11.5 Å². The summed E-state index contributed by atoms with van der Waals surface area (Å²) in [5.41, 5.74) is 9.24. The molecule has 2 aromatic rings. The first kappa shape index (κ1) is 12.0. The van der Waals surface area contributed by atoms with Crippen molar-refractivity contribution in [2.45, 2.75) is 12.8 Å². The molecule has 0 bridgehead atoms. The molecule has 0 aromatic heterocycles. The van der Waals surface area contributed by atoms with Crippen molar-refractivity contribution < 1.29 is 4.74 Å². The van der Waals surface area contributed by atoms with Gasteiger partial charge in [0.25, 0.3) is 0 Å². The fourth-order valence-corrected chi connectivity index (χ4v) is 2.40. The van der Waals surface area contributed by atoms with Crippen LogP contribution in [0.15, 0.2) is 48.5 Å². The highest BCUT2D eigenvalue weighted by molar-refractivity contribution is 5.87. The monoisotopic (exact) mass is 251 g/mol. The van der Waals surface area contributed by atoms with E-state index in [4.69, 9.17) is 10.5 Å². The Morgan fingerprint density at radius 1 is 0.895 bits per heavy atom. The first-order valence-corrected chi connectivity index (χ1v) is 6.65. The van der Waals surface area contributed by atoms with Crippen LogP contribution in [-0.2, 0) is 0 Å². The molecule has 0 saturated carbocycles. The molecule has 0 amide bonds. The standard InChI is InChI=1S/C17H17NO/c18-11-5-7-13-12-14-6-1-3-9-16(14)19-17-10-4-2-8-15(13)17/h1-4,6,8-10,12H,5,7,11,18H2. The van der Waals surface area contributed by atoms with Gasteiger partial charge in [0, 0.05) is 11.1 Å². The summed E-state index contributed by atoms with van der Waals surface area (Å²) in [7, 11) is 0. The summed E-state index contributed by atoms with van der Waals surface area (Å²) in [6.07, 6.45) is 4.18. The number of hydrogen-bond donors (Lipinski definition) is 1. The van der Waals surface area contributed by atoms with Gasteiger partial charge in [-0.15, -0.1) is 0 Å². The quantitative estimate of drug-likeness (QED) is 0.892. The zero-order valence-corrected chi connectivity index (χ0v) is 10.8. The maximum Gasteiger partial charge on any atom is 0.134 e. The van der Waals surface area contributed by atoms with Crippen molar-refractivity contribution in [3.8, 4) is 11.5 Å². The summed E-state index contributed by atoms with van der Waals surface area (Å²) in [5, 5.41) is 0. The average Bonchev–Trinajstić information content (AvgIpc) is 2.61. The third-order valence-electron chi connectivity index (χ3n) is 3.35. The normalized spacial score (nSPS) is 12.8. The van der Waals surface area contributed by atoms with Crippen molar-refractivity contribution in [1.29, 1.82) is 0 Å². The number of fused-ring (bicyclic) bond motifs is 2. The molecular formula is C17H17NO. The Morgan fingerprint density at radius 3 is 2.47 bits per heavy atom. The molecule has 0 spiro atoms. The Bertz CT molecular complexity index is 616. The molecule has 96 valence electrons. The van der Waals surface area contributed by atoms with Crippen molar-refractivity contribution >= 4 is 11.6 Å². The first-order chi connectivity index (χ1) is 9.38. The van der Waals surface area contributed by atoms with E-state index in [-0.39, 0.29) is 0 Å². The molecule has 0 saturated heterocycles. The molecule has 2 aromatic carbocycles. The van der Waals surface area contributed by atoms with Crippen LogP contribution in [0.1, 0.15) is 24.0 Å². The van der Waals surface area contributed by atoms with Crippen LogP contribution in [0, 0.1) is 0 Å². The number of ether oxygens (including phenoxy) is 1. The Hall–Kier alpha value is -2.06. The van der Waals surface area contributed by atoms with E-state index in [2.05, 4.69) is 24.3 Å². The molecule has 1 heterocycles. The maximum absolute atomic E-state index is 6.03. The average molecular weight is 251 g/mol. The Morgan fingerprint density at radius 2 is 1.63 bits per heavy atom. The van der Waals surface area contributed by atoms with Crippen LogP contribution in [-0.4, -0.2) is 6.54 Å². The minimum atomic E-state index is 0.710. The van der Waals surface area contributed by atoms with Gasteiger partial charge in [0.05, 0.1) is 0 Å². The Labute approximate surface area is 113 Å². The van der Waals surface area contributed by atoms with Crippen molar-refractivity contribution in [2.75, 3.05) is 6.54 Å². The molecule has 0 unspecified atom stereocenters. The molecular weight excluding hydrogens is 234 g/mol. The molecule has 0 fully saturated rings. The second-order valence-corrected chi connectivity index (χ2v) is 4.70. The van der Waals surface area contributed by atoms with Gasteiger partial charge < -0.3 is 10.5 Å². The SMILES string of the molecule is NCCCC1=Cc2ccccc2Oc2ccccc21. The lowest BCUT2D eigenvalue weighted by molar-refractivity contribution is 0.481. The molecule has 1 aliphatic rings. The zero-order chi connectivity index (χ0) is 13.1. The summed E-state index contributed by atoms with van der Waals surface area (Å²) in [4.78, 5) is 0. The maximum atomic E-state index is 6.03. The summed E-state index contributed by atoms with van der Waals surface area (Å²) >= 11 is 0. The van der Waals surface area contributed by atoms with Gasteiger partial charge in [-0.1, -0.05) is 36.4 Å². The van der Waals surface area contributed by atoms with Crippen LogP contribution >= 0.6 is 0 Å². The van der Waals surface area contributed by atoms with Crippen molar-refractivity contribution in [3.63, 3.8) is 0 Å². The molecule has 0 aliphatic carbocycles. The van der Waals surface area contributed by atoms with Gasteiger partial charge in [-0.2, -0.15) is 0 Å². The van der Waals surface area contributed by atoms with Gasteiger partial charge in [0.2, 0.25) is 0 Å². The number of benzene rings is 2. The highest BCUT2D eigenvalue weighted by Gasteiger charge is 2.15. The fraction of sp³-hybridized carbons (Fsp3) is 0.176. The van der Waals surface area contributed by atoms with Crippen LogP contribution in [0.3, 0.4) is 0 Å². The molecule has 2 nitrogen and oxygen atoms in total. The number of hydrogen-bond acceptors (Lipinski definition) is 2. The third kappa shape index (κ3) is 2.40. The predicted octanol–water partition coefficient (Wildman–Crippen LogP) is 4.07. The van der Waals surface area contributed by atoms with Gasteiger partial charge in [-0.3, -0.25) is 0 Å². The van der Waals surface area contributed by atoms with Crippen molar-refractivity contribution in [1.82, 2.24) is 0 Å². The molecule has 1 aliphatic heterocycles. The minimum absolute atomic E-state index is 0.710. The van der Waals surface area contributed by atoms with Gasteiger partial charge in [-0.25, -0.2) is 0 Å². The zero-order valence-electron chi connectivity index (χ0n) is 10.8. The smallest absolute Gasteiger partial charge is 0.134 e. The summed E-state index contributed by atoms with van der Waals surface area (Å²) in [6.45, 7) is 0.710. The second-order valence-electron chi connectivity index (χ2n) is 4.70. The second kappa shape index (κ2) is 5.29. The largest absolute Gasteiger partial charge is 0.456 e. The summed E-state index contributed by atoms with van der Waals surface area (Å²) in [5.74, 6) is 1.84. The molecule has 2 N–H and O–H groups in total. The van der Waals surface area contributed by atoms with E-state index in [1.165, 1.54) is 11.1 Å². The highest BCUT2D eigenvalue weighted by atomic mass is 16.5. The number of rotatable bonds is 3. The molecule has 0 radical (unpaired) electrons. The Balaban J connectivity index is 2.11. The summed E-state index contributed by atoms with van der Waals surface area (Å²) in [6, 6.07) is 16.3. The molecule has 0 atom stereocenters. The lowest BCUT2D eigenvalue weighted by atomic mass is 9.98. The van der Waals surface area contributed by atoms with Crippen LogP contribution in [0.4, 0.5) is 0 Å². The molecule has 19 heavy (non-hydrogen) atoms. The first-order valence-electron chi connectivity index (χ1n) is 6.65. The number of allylic oxidation sites excluding steroid dienone is 1. The van der Waals surface area contributed by atoms with E-state index >= 15 is 0 Å². The van der Waals surface area contributed by atoms with Crippen molar-refractivity contribution in [3.05, 3.63) is 59.7 Å². The van der Waals surface area contributed by atoms with E-state index in [1.807, 2.05) is 30.3 Å². The lowest BCUT2D eigenvalue weighted by Gasteiger charge is -2.10. The molecule has 3 rings (SSSR count). The highest BCUT2D eigenvalue weighted by Crippen LogP contribution is 2.39. The van der Waals surface area contributed by atoms with Crippen LogP contribution in [0.5, 0.6) is 11.5 Å². The lowest BCUT2D eigenvalue weighted by Crippen LogP contribution is -1.98.